The highest BCUT2D eigenvalue weighted by molar-refractivity contribution is 7.18. The minimum absolute atomic E-state index is 0.178. The number of aryl methyl sites for hydroxylation is 3. The standard InChI is InChI=1S/C32H32F3N7S/c1-20-22(4-7-29-27(20)14-25(17-36)42(29)13-8-21-2-5-23(37)6-3-21)18-41-11-9-24(10-12-41)40-30-28-15-26(16-32(33,34)35)43-31(28)39-19-38-30/h2-7,14-15,19,24H,8-13,16,18,37H2,1H3,(H,38,39,40). The van der Waals surface area contributed by atoms with Crippen molar-refractivity contribution in [3.63, 3.8) is 0 Å². The zero-order valence-electron chi connectivity index (χ0n) is 23.8. The normalized spacial score (nSPS) is 14.9. The maximum absolute atomic E-state index is 12.9. The highest BCUT2D eigenvalue weighted by Gasteiger charge is 2.29. The summed E-state index contributed by atoms with van der Waals surface area (Å²) in [6.45, 7) is 5.43. The highest BCUT2D eigenvalue weighted by Crippen LogP contribution is 2.33. The van der Waals surface area contributed by atoms with Crippen molar-refractivity contribution in [2.75, 3.05) is 24.1 Å². The molecule has 7 nitrogen and oxygen atoms in total. The molecule has 5 aromatic rings. The second kappa shape index (κ2) is 11.9. The van der Waals surface area contributed by atoms with E-state index in [-0.39, 0.29) is 10.9 Å². The summed E-state index contributed by atoms with van der Waals surface area (Å²) in [5, 5.41) is 15.1. The average Bonchev–Trinajstić information content (AvgIpc) is 3.55. The number of nitrogens with zero attached hydrogens (tertiary/aromatic N) is 5. The van der Waals surface area contributed by atoms with Crippen molar-refractivity contribution >= 4 is 44.0 Å². The molecule has 1 aliphatic heterocycles. The van der Waals surface area contributed by atoms with Crippen LogP contribution in [0.4, 0.5) is 24.7 Å². The molecule has 0 bridgehead atoms. The van der Waals surface area contributed by atoms with Crippen molar-refractivity contribution in [1.29, 1.82) is 5.26 Å². The fourth-order valence-electron chi connectivity index (χ4n) is 5.93. The molecular formula is C32H32F3N7S. The number of nitrogen functional groups attached to an aromatic ring is 1. The van der Waals surface area contributed by atoms with Gasteiger partial charge in [-0.3, -0.25) is 4.90 Å². The number of piperidine rings is 1. The second-order valence-corrected chi connectivity index (χ2v) is 12.3. The van der Waals surface area contributed by atoms with Crippen molar-refractivity contribution in [2.45, 2.75) is 57.9 Å². The van der Waals surface area contributed by atoms with Gasteiger partial charge in [-0.2, -0.15) is 18.4 Å². The lowest BCUT2D eigenvalue weighted by Crippen LogP contribution is -2.39. The van der Waals surface area contributed by atoms with Gasteiger partial charge in [0, 0.05) is 53.7 Å². The molecule has 0 amide bonds. The molecule has 11 heteroatoms. The molecule has 4 heterocycles. The fourth-order valence-corrected chi connectivity index (χ4v) is 6.95. The summed E-state index contributed by atoms with van der Waals surface area (Å²) in [6.07, 6.45) is -1.19. The number of likely N-dealkylation sites (tertiary alicyclic amines) is 1. The molecule has 1 aliphatic rings. The number of nitrogens with one attached hydrogen (secondary N) is 1. The zero-order chi connectivity index (χ0) is 30.1. The quantitative estimate of drug-likeness (QED) is 0.189. The number of hydrogen-bond acceptors (Lipinski definition) is 7. The molecule has 1 fully saturated rings. The van der Waals surface area contributed by atoms with Gasteiger partial charge in [-0.25, -0.2) is 9.97 Å². The third-order valence-corrected chi connectivity index (χ3v) is 9.31. The second-order valence-electron chi connectivity index (χ2n) is 11.2. The molecule has 0 radical (unpaired) electrons. The minimum atomic E-state index is -4.25. The Hall–Kier alpha value is -4.14. The minimum Gasteiger partial charge on any atom is -0.399 e. The van der Waals surface area contributed by atoms with Crippen molar-refractivity contribution in [3.05, 3.63) is 82.1 Å². The van der Waals surface area contributed by atoms with Crippen molar-refractivity contribution in [2.24, 2.45) is 0 Å². The maximum Gasteiger partial charge on any atom is 0.393 e. The summed E-state index contributed by atoms with van der Waals surface area (Å²) in [6, 6.07) is 18.3. The van der Waals surface area contributed by atoms with Crippen LogP contribution in [-0.4, -0.2) is 44.7 Å². The number of hydrogen-bond donors (Lipinski definition) is 2. The first-order chi connectivity index (χ1) is 20.7. The van der Waals surface area contributed by atoms with E-state index >= 15 is 0 Å². The van der Waals surface area contributed by atoms with E-state index < -0.39 is 12.6 Å². The van der Waals surface area contributed by atoms with Gasteiger partial charge in [0.15, 0.2) is 0 Å². The van der Waals surface area contributed by atoms with Crippen LogP contribution in [0.25, 0.3) is 21.1 Å². The predicted molar refractivity (Wildman–Crippen MR) is 165 cm³/mol. The van der Waals surface area contributed by atoms with Crippen molar-refractivity contribution in [3.8, 4) is 6.07 Å². The van der Waals surface area contributed by atoms with E-state index in [1.807, 2.05) is 30.3 Å². The lowest BCUT2D eigenvalue weighted by molar-refractivity contribution is -0.126. The Labute approximate surface area is 251 Å². The van der Waals surface area contributed by atoms with Crippen molar-refractivity contribution < 1.29 is 13.2 Å². The van der Waals surface area contributed by atoms with Crippen LogP contribution in [0.3, 0.4) is 0 Å². The van der Waals surface area contributed by atoms with Gasteiger partial charge in [-0.05, 0) is 73.2 Å². The Morgan fingerprint density at radius 2 is 1.84 bits per heavy atom. The molecule has 2 aromatic carbocycles. The molecule has 0 saturated carbocycles. The Morgan fingerprint density at radius 3 is 2.56 bits per heavy atom. The van der Waals surface area contributed by atoms with Gasteiger partial charge < -0.3 is 15.6 Å². The monoisotopic (exact) mass is 603 g/mol. The number of halogens is 3. The number of thiophene rings is 1. The van der Waals surface area contributed by atoms with Gasteiger partial charge in [0.1, 0.15) is 28.7 Å². The number of alkyl halides is 3. The molecule has 6 rings (SSSR count). The largest absolute Gasteiger partial charge is 0.399 e. The molecule has 3 aromatic heterocycles. The van der Waals surface area contributed by atoms with Gasteiger partial charge in [0.2, 0.25) is 0 Å². The Balaban J connectivity index is 1.10. The van der Waals surface area contributed by atoms with Gasteiger partial charge in [-0.1, -0.05) is 18.2 Å². The van der Waals surface area contributed by atoms with Gasteiger partial charge in [-0.15, -0.1) is 11.3 Å². The van der Waals surface area contributed by atoms with E-state index in [1.165, 1.54) is 23.0 Å². The topological polar surface area (TPSA) is 95.8 Å². The van der Waals surface area contributed by atoms with Crippen LogP contribution in [0, 0.1) is 18.3 Å². The predicted octanol–water partition coefficient (Wildman–Crippen LogP) is 6.83. The highest BCUT2D eigenvalue weighted by atomic mass is 32.1. The third kappa shape index (κ3) is 6.45. The first kappa shape index (κ1) is 29.0. The summed E-state index contributed by atoms with van der Waals surface area (Å²) in [5.74, 6) is 0.601. The number of anilines is 2. The number of rotatable bonds is 8. The fraction of sp³-hybridized carbons (Fsp3) is 0.344. The van der Waals surface area contributed by atoms with Gasteiger partial charge >= 0.3 is 6.18 Å². The van der Waals surface area contributed by atoms with Crippen LogP contribution in [0.5, 0.6) is 0 Å². The average molecular weight is 604 g/mol. The summed E-state index contributed by atoms with van der Waals surface area (Å²) in [4.78, 5) is 11.8. The van der Waals surface area contributed by atoms with E-state index in [1.54, 1.807) is 6.07 Å². The van der Waals surface area contributed by atoms with Crippen LogP contribution in [0.1, 0.15) is 40.1 Å². The van der Waals surface area contributed by atoms with Crippen LogP contribution in [-0.2, 0) is 25.9 Å². The molecule has 0 aliphatic carbocycles. The summed E-state index contributed by atoms with van der Waals surface area (Å²) >= 11 is 1.07. The molecule has 43 heavy (non-hydrogen) atoms. The molecule has 1 saturated heterocycles. The Kier molecular flexibility index (Phi) is 7.99. The lowest BCUT2D eigenvalue weighted by Gasteiger charge is -2.33. The molecule has 0 atom stereocenters. The maximum atomic E-state index is 12.9. The van der Waals surface area contributed by atoms with E-state index in [0.717, 1.165) is 66.8 Å². The van der Waals surface area contributed by atoms with Crippen molar-refractivity contribution in [1.82, 2.24) is 19.4 Å². The number of nitrogens with two attached hydrogens (primary N) is 1. The number of aromatic nitrogens is 3. The van der Waals surface area contributed by atoms with E-state index in [4.69, 9.17) is 5.73 Å². The van der Waals surface area contributed by atoms with Crippen LogP contribution < -0.4 is 11.1 Å². The molecular weight excluding hydrogens is 571 g/mol. The van der Waals surface area contributed by atoms with Gasteiger partial charge in [0.25, 0.3) is 0 Å². The first-order valence-corrected chi connectivity index (χ1v) is 15.1. The van der Waals surface area contributed by atoms with E-state index in [9.17, 15) is 18.4 Å². The molecule has 3 N–H and O–H groups in total. The van der Waals surface area contributed by atoms with Crippen LogP contribution in [0.15, 0.2) is 54.9 Å². The summed E-state index contributed by atoms with van der Waals surface area (Å²) in [5.41, 5.74) is 11.9. The van der Waals surface area contributed by atoms with Gasteiger partial charge in [0.05, 0.1) is 11.8 Å². The van der Waals surface area contributed by atoms with Crippen LogP contribution >= 0.6 is 11.3 Å². The molecule has 222 valence electrons. The number of fused-ring (bicyclic) bond motifs is 2. The van der Waals surface area contributed by atoms with E-state index in [0.29, 0.717) is 28.3 Å². The Bertz CT molecular complexity index is 1790. The number of nitriles is 1. The third-order valence-electron chi connectivity index (χ3n) is 8.26. The smallest absolute Gasteiger partial charge is 0.393 e. The Morgan fingerprint density at radius 1 is 1.07 bits per heavy atom. The van der Waals surface area contributed by atoms with Crippen LogP contribution in [0.2, 0.25) is 0 Å². The SMILES string of the molecule is Cc1c(CN2CCC(Nc3ncnc4sc(CC(F)(F)F)cc34)CC2)ccc2c1cc(C#N)n2CCc1ccc(N)cc1. The first-order valence-electron chi connectivity index (χ1n) is 14.3. The summed E-state index contributed by atoms with van der Waals surface area (Å²) < 4.78 is 40.8. The summed E-state index contributed by atoms with van der Waals surface area (Å²) in [7, 11) is 0. The number of benzene rings is 2. The molecule has 0 unspecified atom stereocenters. The van der Waals surface area contributed by atoms with E-state index in [2.05, 4.69) is 49.9 Å². The molecule has 0 spiro atoms. The zero-order valence-corrected chi connectivity index (χ0v) is 24.6. The lowest BCUT2D eigenvalue weighted by atomic mass is 10.0.